The van der Waals surface area contributed by atoms with Gasteiger partial charge in [-0.25, -0.2) is 0 Å². The van der Waals surface area contributed by atoms with Gasteiger partial charge in [0.2, 0.25) is 0 Å². The van der Waals surface area contributed by atoms with Crippen LogP contribution in [0.2, 0.25) is 0 Å². The van der Waals surface area contributed by atoms with Crippen molar-refractivity contribution in [1.82, 2.24) is 0 Å². The molecule has 0 aliphatic carbocycles. The van der Waals surface area contributed by atoms with Crippen LogP contribution in [-0.4, -0.2) is 54.0 Å². The van der Waals surface area contributed by atoms with Gasteiger partial charge in [0.1, 0.15) is 24.4 Å². The lowest BCUT2D eigenvalue weighted by Crippen LogP contribution is -2.40. The first-order valence-corrected chi connectivity index (χ1v) is 6.28. The van der Waals surface area contributed by atoms with Crippen LogP contribution in [0.15, 0.2) is 0 Å². The average molecular weight is 260 g/mol. The monoisotopic (exact) mass is 260 g/mol. The van der Waals surface area contributed by atoms with Crippen molar-refractivity contribution in [3.63, 3.8) is 0 Å². The highest BCUT2D eigenvalue weighted by atomic mass is 16.8. The molecule has 1 unspecified atom stereocenters. The van der Waals surface area contributed by atoms with E-state index in [1.807, 2.05) is 27.7 Å². The van der Waals surface area contributed by atoms with E-state index in [2.05, 4.69) is 0 Å². The van der Waals surface area contributed by atoms with E-state index in [9.17, 15) is 5.11 Å². The zero-order valence-electron chi connectivity index (χ0n) is 11.1. The van der Waals surface area contributed by atoms with Gasteiger partial charge in [-0.3, -0.25) is 0 Å². The molecule has 3 heterocycles. The number of hydrogen-bond acceptors (Lipinski definition) is 6. The average Bonchev–Trinajstić information content (AvgIpc) is 2.81. The minimum atomic E-state index is -0.978. The molecular weight excluding hydrogens is 240 g/mol. The van der Waals surface area contributed by atoms with Gasteiger partial charge in [-0.1, -0.05) is 0 Å². The molecule has 0 spiro atoms. The van der Waals surface area contributed by atoms with Gasteiger partial charge in [-0.2, -0.15) is 0 Å². The minimum Gasteiger partial charge on any atom is -0.366 e. The molecule has 3 aliphatic rings. The quantitative estimate of drug-likeness (QED) is 0.735. The van der Waals surface area contributed by atoms with Crippen molar-refractivity contribution in [2.24, 2.45) is 0 Å². The lowest BCUT2D eigenvalue weighted by atomic mass is 10.1. The SMILES string of the molecule is CC1(C)OCC([C@H]2O[C@@H](O)[C@@H]3OC(C)(C)O[C@@H]32)O1. The Kier molecular flexibility index (Phi) is 2.75. The van der Waals surface area contributed by atoms with Crippen molar-refractivity contribution in [2.75, 3.05) is 6.61 Å². The van der Waals surface area contributed by atoms with E-state index in [1.54, 1.807) is 0 Å². The molecule has 3 aliphatic heterocycles. The maximum atomic E-state index is 9.87. The molecule has 0 aromatic rings. The molecule has 0 bridgehead atoms. The molecule has 0 saturated carbocycles. The van der Waals surface area contributed by atoms with Crippen LogP contribution in [0.5, 0.6) is 0 Å². The molecule has 0 aromatic heterocycles. The highest BCUT2D eigenvalue weighted by Crippen LogP contribution is 2.41. The summed E-state index contributed by atoms with van der Waals surface area (Å²) in [5.41, 5.74) is 0. The third-order valence-corrected chi connectivity index (χ3v) is 3.46. The highest BCUT2D eigenvalue weighted by molar-refractivity contribution is 4.99. The molecule has 5 atom stereocenters. The van der Waals surface area contributed by atoms with Crippen LogP contribution in [-0.2, 0) is 23.7 Å². The number of ether oxygens (including phenoxy) is 5. The second-order valence-corrected chi connectivity index (χ2v) is 5.92. The Morgan fingerprint density at radius 2 is 1.56 bits per heavy atom. The summed E-state index contributed by atoms with van der Waals surface area (Å²) < 4.78 is 28.2. The standard InChI is InChI=1S/C12H20O6/c1-11(2)14-5-6(16-11)7-8-9(10(13)15-7)18-12(3,4)17-8/h6-10,13H,5H2,1-4H3/t6?,7-,8-,9-,10-/m1/s1. The van der Waals surface area contributed by atoms with E-state index in [1.165, 1.54) is 0 Å². The maximum absolute atomic E-state index is 9.87. The summed E-state index contributed by atoms with van der Waals surface area (Å²) in [5.74, 6) is -1.32. The van der Waals surface area contributed by atoms with Crippen LogP contribution >= 0.6 is 0 Å². The summed E-state index contributed by atoms with van der Waals surface area (Å²) in [6, 6.07) is 0. The van der Waals surface area contributed by atoms with Gasteiger partial charge >= 0.3 is 0 Å². The van der Waals surface area contributed by atoms with Crippen molar-refractivity contribution in [1.29, 1.82) is 0 Å². The zero-order valence-corrected chi connectivity index (χ0v) is 11.1. The van der Waals surface area contributed by atoms with Gasteiger partial charge in [0.15, 0.2) is 17.9 Å². The van der Waals surface area contributed by atoms with Crippen LogP contribution < -0.4 is 0 Å². The molecule has 104 valence electrons. The fraction of sp³-hybridized carbons (Fsp3) is 1.00. The first kappa shape index (κ1) is 12.8. The summed E-state index contributed by atoms with van der Waals surface area (Å²) >= 11 is 0. The van der Waals surface area contributed by atoms with E-state index in [0.29, 0.717) is 6.61 Å². The van der Waals surface area contributed by atoms with Crippen molar-refractivity contribution in [3.8, 4) is 0 Å². The molecule has 3 fully saturated rings. The fourth-order valence-corrected chi connectivity index (χ4v) is 2.78. The smallest absolute Gasteiger partial charge is 0.184 e. The molecule has 3 saturated heterocycles. The lowest BCUT2D eigenvalue weighted by Gasteiger charge is -2.26. The summed E-state index contributed by atoms with van der Waals surface area (Å²) in [4.78, 5) is 0. The number of fused-ring (bicyclic) bond motifs is 1. The topological polar surface area (TPSA) is 66.4 Å². The Morgan fingerprint density at radius 3 is 2.17 bits per heavy atom. The van der Waals surface area contributed by atoms with Crippen molar-refractivity contribution < 1.29 is 28.8 Å². The van der Waals surface area contributed by atoms with Gasteiger partial charge in [-0.15, -0.1) is 0 Å². The summed E-state index contributed by atoms with van der Waals surface area (Å²) in [6.45, 7) is 7.78. The zero-order chi connectivity index (χ0) is 13.1. The molecule has 1 N–H and O–H groups in total. The molecule has 0 radical (unpaired) electrons. The van der Waals surface area contributed by atoms with Gasteiger partial charge in [0.25, 0.3) is 0 Å². The molecular formula is C12H20O6. The highest BCUT2D eigenvalue weighted by Gasteiger charge is 2.58. The van der Waals surface area contributed by atoms with Crippen molar-refractivity contribution >= 4 is 0 Å². The molecule has 6 heteroatoms. The van der Waals surface area contributed by atoms with E-state index in [0.717, 1.165) is 0 Å². The van der Waals surface area contributed by atoms with Gasteiger partial charge in [0.05, 0.1) is 6.61 Å². The first-order valence-electron chi connectivity index (χ1n) is 6.28. The van der Waals surface area contributed by atoms with Gasteiger partial charge < -0.3 is 28.8 Å². The fourth-order valence-electron chi connectivity index (χ4n) is 2.78. The minimum absolute atomic E-state index is 0.248. The summed E-state index contributed by atoms with van der Waals surface area (Å²) in [6.07, 6.45) is -2.38. The number of hydrogen-bond donors (Lipinski definition) is 1. The molecule has 3 rings (SSSR count). The predicted octanol–water partition coefficient (Wildman–Crippen LogP) is 0.375. The normalized spacial score (nSPS) is 49.5. The first-order chi connectivity index (χ1) is 8.27. The number of aliphatic hydroxyl groups excluding tert-OH is 1. The van der Waals surface area contributed by atoms with E-state index < -0.39 is 24.0 Å². The van der Waals surface area contributed by atoms with E-state index >= 15 is 0 Å². The Balaban J connectivity index is 1.75. The van der Waals surface area contributed by atoms with Gasteiger partial charge in [-0.05, 0) is 27.7 Å². The van der Waals surface area contributed by atoms with E-state index in [-0.39, 0.29) is 18.3 Å². The second-order valence-electron chi connectivity index (χ2n) is 5.92. The molecule has 0 aromatic carbocycles. The van der Waals surface area contributed by atoms with Crippen molar-refractivity contribution in [2.45, 2.75) is 70.0 Å². The molecule has 0 amide bonds. The Morgan fingerprint density at radius 1 is 0.889 bits per heavy atom. The Labute approximate surface area is 106 Å². The number of aliphatic hydroxyl groups is 1. The molecule has 6 nitrogen and oxygen atoms in total. The number of rotatable bonds is 1. The lowest BCUT2D eigenvalue weighted by molar-refractivity contribution is -0.236. The maximum Gasteiger partial charge on any atom is 0.184 e. The van der Waals surface area contributed by atoms with Crippen LogP contribution in [0.1, 0.15) is 27.7 Å². The van der Waals surface area contributed by atoms with Crippen LogP contribution in [0.3, 0.4) is 0 Å². The predicted molar refractivity (Wildman–Crippen MR) is 59.6 cm³/mol. The second kappa shape index (κ2) is 3.88. The molecule has 18 heavy (non-hydrogen) atoms. The van der Waals surface area contributed by atoms with Crippen LogP contribution in [0, 0.1) is 0 Å². The summed E-state index contributed by atoms with van der Waals surface area (Å²) in [7, 11) is 0. The van der Waals surface area contributed by atoms with E-state index in [4.69, 9.17) is 23.7 Å². The largest absolute Gasteiger partial charge is 0.366 e. The van der Waals surface area contributed by atoms with Crippen LogP contribution in [0.4, 0.5) is 0 Å². The van der Waals surface area contributed by atoms with Crippen LogP contribution in [0.25, 0.3) is 0 Å². The Bertz CT molecular complexity index is 341. The third-order valence-electron chi connectivity index (χ3n) is 3.46. The van der Waals surface area contributed by atoms with Gasteiger partial charge in [0, 0.05) is 0 Å². The summed E-state index contributed by atoms with van der Waals surface area (Å²) in [5, 5.41) is 9.87. The Hall–Kier alpha value is -0.240. The third kappa shape index (κ3) is 2.07. The van der Waals surface area contributed by atoms with Crippen molar-refractivity contribution in [3.05, 3.63) is 0 Å².